The fourth-order valence-electron chi connectivity index (χ4n) is 4.67. The van der Waals surface area contributed by atoms with E-state index in [9.17, 15) is 18.8 Å². The summed E-state index contributed by atoms with van der Waals surface area (Å²) in [5, 5.41) is 0. The number of aryl methyl sites for hydroxylation is 1. The zero-order chi connectivity index (χ0) is 22.0. The Bertz CT molecular complexity index is 981. The van der Waals surface area contributed by atoms with E-state index in [0.29, 0.717) is 5.69 Å². The molecule has 0 aromatic heterocycles. The molecule has 4 rings (SSSR count). The van der Waals surface area contributed by atoms with Crippen molar-refractivity contribution in [2.45, 2.75) is 64.0 Å². The highest BCUT2D eigenvalue weighted by Gasteiger charge is 2.46. The number of hydrogen-bond donors (Lipinski definition) is 0. The zero-order valence-corrected chi connectivity index (χ0v) is 17.7. The third-order valence-corrected chi connectivity index (χ3v) is 6.31. The van der Waals surface area contributed by atoms with Gasteiger partial charge in [0.25, 0.3) is 11.8 Å². The second-order valence-corrected chi connectivity index (χ2v) is 8.46. The molecule has 1 saturated carbocycles. The van der Waals surface area contributed by atoms with Crippen molar-refractivity contribution in [3.8, 4) is 0 Å². The standard InChI is InChI=1S/C25H27FN2O3/c1-17-12-14-19(15-13-17)28-23(29)16-22(25(28)31)27(18-8-4-2-3-5-9-18)24(30)20-10-6-7-11-21(20)26/h6-7,10-15,18,22H,2-5,8-9,16H2,1H3. The van der Waals surface area contributed by atoms with E-state index < -0.39 is 23.7 Å². The molecule has 1 saturated heterocycles. The predicted octanol–water partition coefficient (Wildman–Crippen LogP) is 4.63. The average molecular weight is 423 g/mol. The van der Waals surface area contributed by atoms with Crippen molar-refractivity contribution in [1.29, 1.82) is 0 Å². The second kappa shape index (κ2) is 9.00. The number of carbonyl (C=O) groups is 3. The minimum atomic E-state index is -0.913. The van der Waals surface area contributed by atoms with E-state index in [1.165, 1.54) is 28.0 Å². The molecule has 3 amide bonds. The maximum absolute atomic E-state index is 14.5. The molecule has 0 bridgehead atoms. The van der Waals surface area contributed by atoms with Crippen LogP contribution in [0.25, 0.3) is 0 Å². The number of rotatable bonds is 4. The normalized spacial score (nSPS) is 20.1. The molecule has 0 radical (unpaired) electrons. The summed E-state index contributed by atoms with van der Waals surface area (Å²) >= 11 is 0. The quantitative estimate of drug-likeness (QED) is 0.533. The Morgan fingerprint density at radius 3 is 2.26 bits per heavy atom. The Hall–Kier alpha value is -3.02. The van der Waals surface area contributed by atoms with E-state index in [1.54, 1.807) is 18.2 Å². The highest BCUT2D eigenvalue weighted by molar-refractivity contribution is 6.23. The van der Waals surface area contributed by atoms with Crippen molar-refractivity contribution in [3.05, 3.63) is 65.5 Å². The van der Waals surface area contributed by atoms with Crippen LogP contribution >= 0.6 is 0 Å². The fourth-order valence-corrected chi connectivity index (χ4v) is 4.67. The predicted molar refractivity (Wildman–Crippen MR) is 116 cm³/mol. The molecule has 162 valence electrons. The lowest BCUT2D eigenvalue weighted by molar-refractivity contribution is -0.123. The highest BCUT2D eigenvalue weighted by Crippen LogP contribution is 2.32. The fraction of sp³-hybridized carbons (Fsp3) is 0.400. The Morgan fingerprint density at radius 1 is 0.968 bits per heavy atom. The Kier molecular flexibility index (Phi) is 6.16. The zero-order valence-electron chi connectivity index (χ0n) is 17.7. The lowest BCUT2D eigenvalue weighted by atomic mass is 10.0. The Morgan fingerprint density at radius 2 is 1.61 bits per heavy atom. The molecule has 5 nitrogen and oxygen atoms in total. The van der Waals surface area contributed by atoms with Gasteiger partial charge in [-0.25, -0.2) is 9.29 Å². The number of halogens is 1. The number of nitrogens with zero attached hydrogens (tertiary/aromatic N) is 2. The van der Waals surface area contributed by atoms with Gasteiger partial charge >= 0.3 is 0 Å². The Balaban J connectivity index is 1.70. The van der Waals surface area contributed by atoms with Crippen LogP contribution in [0.2, 0.25) is 0 Å². The minimum Gasteiger partial charge on any atom is -0.323 e. The third-order valence-electron chi connectivity index (χ3n) is 6.31. The summed E-state index contributed by atoms with van der Waals surface area (Å²) in [5.41, 5.74) is 1.47. The van der Waals surface area contributed by atoms with Crippen LogP contribution in [-0.4, -0.2) is 34.7 Å². The van der Waals surface area contributed by atoms with Gasteiger partial charge in [-0.1, -0.05) is 55.5 Å². The molecule has 6 heteroatoms. The first-order chi connectivity index (χ1) is 15.0. The van der Waals surface area contributed by atoms with E-state index in [2.05, 4.69) is 0 Å². The number of anilines is 1. The first-order valence-electron chi connectivity index (χ1n) is 11.0. The molecule has 2 aliphatic rings. The summed E-state index contributed by atoms with van der Waals surface area (Å²) < 4.78 is 14.5. The number of carbonyl (C=O) groups excluding carboxylic acids is 3. The van der Waals surface area contributed by atoms with E-state index in [-0.39, 0.29) is 23.9 Å². The molecule has 2 fully saturated rings. The lowest BCUT2D eigenvalue weighted by Crippen LogP contribution is -2.51. The second-order valence-electron chi connectivity index (χ2n) is 8.46. The van der Waals surface area contributed by atoms with Gasteiger partial charge in [0.05, 0.1) is 17.7 Å². The summed E-state index contributed by atoms with van der Waals surface area (Å²) in [7, 11) is 0. The van der Waals surface area contributed by atoms with Crippen LogP contribution in [0.3, 0.4) is 0 Å². The minimum absolute atomic E-state index is 0.0548. The van der Waals surface area contributed by atoms with Crippen LogP contribution in [0, 0.1) is 12.7 Å². The van der Waals surface area contributed by atoms with Gasteiger partial charge in [0.15, 0.2) is 0 Å². The van der Waals surface area contributed by atoms with Gasteiger partial charge < -0.3 is 4.90 Å². The molecule has 1 aliphatic carbocycles. The molecule has 1 heterocycles. The van der Waals surface area contributed by atoms with Gasteiger partial charge in [0.2, 0.25) is 5.91 Å². The van der Waals surface area contributed by atoms with Crippen molar-refractivity contribution in [2.24, 2.45) is 0 Å². The molecule has 1 atom stereocenters. The van der Waals surface area contributed by atoms with Crippen molar-refractivity contribution < 1.29 is 18.8 Å². The largest absolute Gasteiger partial charge is 0.323 e. The van der Waals surface area contributed by atoms with Gasteiger partial charge in [-0.3, -0.25) is 14.4 Å². The van der Waals surface area contributed by atoms with Gasteiger partial charge in [-0.15, -0.1) is 0 Å². The number of amides is 3. The van der Waals surface area contributed by atoms with Crippen LogP contribution in [-0.2, 0) is 9.59 Å². The van der Waals surface area contributed by atoms with Crippen molar-refractivity contribution >= 4 is 23.4 Å². The summed E-state index contributed by atoms with van der Waals surface area (Å²) in [5.74, 6) is -1.87. The average Bonchev–Trinajstić information content (AvgIpc) is 2.92. The van der Waals surface area contributed by atoms with E-state index in [4.69, 9.17) is 0 Å². The monoisotopic (exact) mass is 422 g/mol. The summed E-state index contributed by atoms with van der Waals surface area (Å²) in [6.07, 6.45) is 5.47. The molecule has 31 heavy (non-hydrogen) atoms. The number of hydrogen-bond acceptors (Lipinski definition) is 3. The van der Waals surface area contributed by atoms with Crippen LogP contribution in [0.5, 0.6) is 0 Å². The van der Waals surface area contributed by atoms with E-state index in [1.807, 2.05) is 19.1 Å². The van der Waals surface area contributed by atoms with Gasteiger partial charge in [0, 0.05) is 6.04 Å². The molecule has 0 spiro atoms. The van der Waals surface area contributed by atoms with E-state index in [0.717, 1.165) is 44.1 Å². The van der Waals surface area contributed by atoms with Gasteiger partial charge in [-0.05, 0) is 44.0 Å². The van der Waals surface area contributed by atoms with Crippen LogP contribution < -0.4 is 4.90 Å². The molecule has 1 aliphatic heterocycles. The first-order valence-corrected chi connectivity index (χ1v) is 11.0. The van der Waals surface area contributed by atoms with Crippen LogP contribution in [0.4, 0.5) is 10.1 Å². The van der Waals surface area contributed by atoms with Crippen molar-refractivity contribution in [1.82, 2.24) is 4.90 Å². The Labute approximate surface area is 181 Å². The highest BCUT2D eigenvalue weighted by atomic mass is 19.1. The van der Waals surface area contributed by atoms with Crippen molar-refractivity contribution in [2.75, 3.05) is 4.90 Å². The molecule has 2 aromatic rings. The summed E-state index contributed by atoms with van der Waals surface area (Å²) in [4.78, 5) is 42.5. The molecule has 2 aromatic carbocycles. The van der Waals surface area contributed by atoms with E-state index >= 15 is 0 Å². The lowest BCUT2D eigenvalue weighted by Gasteiger charge is -2.35. The summed E-state index contributed by atoms with van der Waals surface area (Å²) in [6, 6.07) is 11.9. The molecule has 1 unspecified atom stereocenters. The SMILES string of the molecule is Cc1ccc(N2C(=O)CC(N(C(=O)c3ccccc3F)C3CCCCCC3)C2=O)cc1. The molecular weight excluding hydrogens is 395 g/mol. The molecule has 0 N–H and O–H groups in total. The van der Waals surface area contributed by atoms with Gasteiger partial charge in [-0.2, -0.15) is 0 Å². The maximum Gasteiger partial charge on any atom is 0.257 e. The van der Waals surface area contributed by atoms with Crippen LogP contribution in [0.1, 0.15) is 60.9 Å². The van der Waals surface area contributed by atoms with Gasteiger partial charge in [0.1, 0.15) is 11.9 Å². The smallest absolute Gasteiger partial charge is 0.257 e. The topological polar surface area (TPSA) is 57.7 Å². The number of imide groups is 1. The number of benzene rings is 2. The first kappa shape index (κ1) is 21.2. The maximum atomic E-state index is 14.5. The van der Waals surface area contributed by atoms with Crippen molar-refractivity contribution in [3.63, 3.8) is 0 Å². The summed E-state index contributed by atoms with van der Waals surface area (Å²) in [6.45, 7) is 1.93. The molecular formula is C25H27FN2O3. The third kappa shape index (κ3) is 4.24. The van der Waals surface area contributed by atoms with Crippen LogP contribution in [0.15, 0.2) is 48.5 Å².